The number of carbonyl (C=O) groups excluding carboxylic acids is 1. The second-order valence-electron chi connectivity index (χ2n) is 5.04. The predicted octanol–water partition coefficient (Wildman–Crippen LogP) is 3.19. The van der Waals surface area contributed by atoms with Crippen LogP contribution in [-0.4, -0.2) is 16.1 Å². The molecule has 6 nitrogen and oxygen atoms in total. The van der Waals surface area contributed by atoms with Gasteiger partial charge < -0.3 is 9.72 Å². The first kappa shape index (κ1) is 15.5. The molecule has 0 saturated carbocycles. The molecule has 6 heteroatoms. The summed E-state index contributed by atoms with van der Waals surface area (Å²) >= 11 is 0. The molecule has 2 N–H and O–H groups in total. The average Bonchev–Trinajstić information content (AvgIpc) is 2.63. The molecule has 0 fully saturated rings. The van der Waals surface area contributed by atoms with Crippen molar-refractivity contribution in [2.75, 3.05) is 5.32 Å². The monoisotopic (exact) mass is 321 g/mol. The molecule has 24 heavy (non-hydrogen) atoms. The van der Waals surface area contributed by atoms with E-state index in [4.69, 9.17) is 4.74 Å². The van der Waals surface area contributed by atoms with Crippen LogP contribution in [0.4, 0.5) is 10.5 Å². The molecule has 2 heterocycles. The van der Waals surface area contributed by atoms with E-state index in [1.54, 1.807) is 24.5 Å². The molecule has 0 atom stereocenters. The number of carbonyl (C=O) groups is 1. The second-order valence-corrected chi connectivity index (χ2v) is 5.04. The molecule has 0 bridgehead atoms. The van der Waals surface area contributed by atoms with Gasteiger partial charge in [-0.3, -0.25) is 15.1 Å². The summed E-state index contributed by atoms with van der Waals surface area (Å²) < 4.78 is 5.09. The summed E-state index contributed by atoms with van der Waals surface area (Å²) in [6.07, 6.45) is 2.62. The van der Waals surface area contributed by atoms with Crippen LogP contribution in [0.5, 0.6) is 0 Å². The fraction of sp³-hybridized carbons (Fsp3) is 0.0556. The van der Waals surface area contributed by atoms with Crippen LogP contribution in [0.2, 0.25) is 0 Å². The second kappa shape index (κ2) is 7.23. The summed E-state index contributed by atoms with van der Waals surface area (Å²) in [4.78, 5) is 30.6. The molecular formula is C18H15N3O3. The van der Waals surface area contributed by atoms with E-state index >= 15 is 0 Å². The number of rotatable bonds is 4. The summed E-state index contributed by atoms with van der Waals surface area (Å²) in [5.74, 6) is 0. The van der Waals surface area contributed by atoms with Crippen molar-refractivity contribution in [3.05, 3.63) is 82.9 Å². The fourth-order valence-corrected chi connectivity index (χ4v) is 2.13. The van der Waals surface area contributed by atoms with Crippen molar-refractivity contribution in [1.82, 2.24) is 9.97 Å². The number of anilines is 1. The van der Waals surface area contributed by atoms with Crippen molar-refractivity contribution in [3.8, 4) is 11.3 Å². The van der Waals surface area contributed by atoms with E-state index in [1.165, 1.54) is 6.07 Å². The number of nitrogens with zero attached hydrogens (tertiary/aromatic N) is 1. The van der Waals surface area contributed by atoms with Crippen molar-refractivity contribution in [1.29, 1.82) is 0 Å². The topological polar surface area (TPSA) is 84.1 Å². The van der Waals surface area contributed by atoms with Gasteiger partial charge in [-0.2, -0.15) is 0 Å². The number of hydrogen-bond donors (Lipinski definition) is 2. The molecule has 0 aliphatic carbocycles. The molecule has 3 rings (SSSR count). The van der Waals surface area contributed by atoms with Crippen LogP contribution in [0, 0.1) is 0 Å². The molecule has 3 aromatic rings. The molecule has 120 valence electrons. The third kappa shape index (κ3) is 3.86. The number of hydrogen-bond acceptors (Lipinski definition) is 4. The highest BCUT2D eigenvalue weighted by molar-refractivity contribution is 5.84. The van der Waals surface area contributed by atoms with Gasteiger partial charge >= 0.3 is 6.09 Å². The average molecular weight is 321 g/mol. The Balaban J connectivity index is 1.65. The third-order valence-corrected chi connectivity index (χ3v) is 3.33. The Morgan fingerprint density at radius 1 is 1.08 bits per heavy atom. The van der Waals surface area contributed by atoms with E-state index in [9.17, 15) is 9.59 Å². The van der Waals surface area contributed by atoms with Crippen LogP contribution in [0.3, 0.4) is 0 Å². The molecule has 0 spiro atoms. The van der Waals surface area contributed by atoms with Crippen molar-refractivity contribution >= 4 is 11.8 Å². The van der Waals surface area contributed by atoms with Crippen LogP contribution in [0.25, 0.3) is 11.3 Å². The highest BCUT2D eigenvalue weighted by atomic mass is 16.5. The zero-order valence-electron chi connectivity index (χ0n) is 12.7. The van der Waals surface area contributed by atoms with Crippen LogP contribution in [-0.2, 0) is 11.3 Å². The van der Waals surface area contributed by atoms with Gasteiger partial charge in [0.05, 0.1) is 0 Å². The number of ether oxygens (including phenoxy) is 1. The van der Waals surface area contributed by atoms with Gasteiger partial charge in [-0.05, 0) is 29.8 Å². The summed E-state index contributed by atoms with van der Waals surface area (Å²) in [7, 11) is 0. The smallest absolute Gasteiger partial charge is 0.412 e. The maximum Gasteiger partial charge on any atom is 0.412 e. The number of benzene rings is 1. The Labute approximate surface area is 138 Å². The molecule has 1 aromatic carbocycles. The largest absolute Gasteiger partial charge is 0.444 e. The van der Waals surface area contributed by atoms with E-state index in [1.807, 2.05) is 36.4 Å². The van der Waals surface area contributed by atoms with Crippen LogP contribution < -0.4 is 10.9 Å². The lowest BCUT2D eigenvalue weighted by atomic mass is 10.2. The van der Waals surface area contributed by atoms with E-state index in [-0.39, 0.29) is 12.3 Å². The Kier molecular flexibility index (Phi) is 4.67. The number of aromatic amines is 1. The molecule has 0 saturated heterocycles. The van der Waals surface area contributed by atoms with Gasteiger partial charge in [0, 0.05) is 23.7 Å². The van der Waals surface area contributed by atoms with Crippen molar-refractivity contribution in [2.24, 2.45) is 0 Å². The zero-order chi connectivity index (χ0) is 16.8. The Morgan fingerprint density at radius 3 is 2.62 bits per heavy atom. The predicted molar refractivity (Wildman–Crippen MR) is 90.5 cm³/mol. The SMILES string of the molecule is O=C(Nc1ccc(-c2cccnc2)[nH]c1=O)OCc1ccccc1. The zero-order valence-corrected chi connectivity index (χ0v) is 12.7. The standard InChI is InChI=1S/C18H15N3O3/c22-17-16(9-8-15(20-17)14-7-4-10-19-11-14)21-18(23)24-12-13-5-2-1-3-6-13/h1-11H,12H2,(H,20,22)(H,21,23). The molecule has 0 aliphatic heterocycles. The van der Waals surface area contributed by atoms with E-state index < -0.39 is 11.7 Å². The number of aromatic nitrogens is 2. The maximum atomic E-state index is 12.1. The normalized spacial score (nSPS) is 10.2. The minimum absolute atomic E-state index is 0.126. The summed E-state index contributed by atoms with van der Waals surface area (Å²) in [6.45, 7) is 0.137. The van der Waals surface area contributed by atoms with Gasteiger partial charge in [0.2, 0.25) is 0 Å². The van der Waals surface area contributed by atoms with Crippen LogP contribution >= 0.6 is 0 Å². The first-order valence-electron chi connectivity index (χ1n) is 7.34. The third-order valence-electron chi connectivity index (χ3n) is 3.33. The molecule has 0 radical (unpaired) electrons. The fourth-order valence-electron chi connectivity index (χ4n) is 2.13. The molecule has 0 unspecified atom stereocenters. The maximum absolute atomic E-state index is 12.1. The van der Waals surface area contributed by atoms with E-state index in [0.717, 1.165) is 11.1 Å². The molecule has 1 amide bonds. The Hall–Kier alpha value is -3.41. The number of amides is 1. The minimum atomic E-state index is -0.682. The summed E-state index contributed by atoms with van der Waals surface area (Å²) in [5.41, 5.74) is 1.99. The number of pyridine rings is 2. The molecular weight excluding hydrogens is 306 g/mol. The summed E-state index contributed by atoms with van der Waals surface area (Å²) in [6, 6.07) is 16.1. The molecule has 2 aromatic heterocycles. The Bertz CT molecular complexity index is 877. The van der Waals surface area contributed by atoms with Gasteiger partial charge in [-0.1, -0.05) is 30.3 Å². The lowest BCUT2D eigenvalue weighted by molar-refractivity contribution is 0.155. The van der Waals surface area contributed by atoms with Crippen molar-refractivity contribution in [3.63, 3.8) is 0 Å². The first-order valence-corrected chi connectivity index (χ1v) is 7.34. The molecule has 0 aliphatic rings. The first-order chi connectivity index (χ1) is 11.7. The van der Waals surface area contributed by atoms with Crippen molar-refractivity contribution in [2.45, 2.75) is 6.61 Å². The summed E-state index contributed by atoms with van der Waals surface area (Å²) in [5, 5.41) is 2.44. The lowest BCUT2D eigenvalue weighted by Crippen LogP contribution is -2.20. The van der Waals surface area contributed by atoms with Crippen molar-refractivity contribution < 1.29 is 9.53 Å². The van der Waals surface area contributed by atoms with Gasteiger partial charge in [-0.25, -0.2) is 4.79 Å². The van der Waals surface area contributed by atoms with Gasteiger partial charge in [0.1, 0.15) is 12.3 Å². The van der Waals surface area contributed by atoms with E-state index in [2.05, 4.69) is 15.3 Å². The van der Waals surface area contributed by atoms with Gasteiger partial charge in [0.15, 0.2) is 0 Å². The van der Waals surface area contributed by atoms with Crippen LogP contribution in [0.15, 0.2) is 71.8 Å². The lowest BCUT2D eigenvalue weighted by Gasteiger charge is -2.07. The number of nitrogens with one attached hydrogen (secondary N) is 2. The number of H-pyrrole nitrogens is 1. The minimum Gasteiger partial charge on any atom is -0.444 e. The van der Waals surface area contributed by atoms with Crippen LogP contribution in [0.1, 0.15) is 5.56 Å². The van der Waals surface area contributed by atoms with E-state index in [0.29, 0.717) is 5.69 Å². The Morgan fingerprint density at radius 2 is 1.92 bits per heavy atom. The highest BCUT2D eigenvalue weighted by Gasteiger charge is 2.08. The highest BCUT2D eigenvalue weighted by Crippen LogP contribution is 2.14. The van der Waals surface area contributed by atoms with Gasteiger partial charge in [-0.15, -0.1) is 0 Å². The quantitative estimate of drug-likeness (QED) is 0.773. The van der Waals surface area contributed by atoms with Gasteiger partial charge in [0.25, 0.3) is 5.56 Å².